The molecule has 0 aliphatic rings. The van der Waals surface area contributed by atoms with Gasteiger partial charge in [-0.3, -0.25) is 25.7 Å². The summed E-state index contributed by atoms with van der Waals surface area (Å²) in [6.45, 7) is 0. The third kappa shape index (κ3) is 4.60. The molecule has 0 fully saturated rings. The van der Waals surface area contributed by atoms with Gasteiger partial charge in [0.2, 0.25) is 0 Å². The van der Waals surface area contributed by atoms with Crippen LogP contribution in [0.15, 0.2) is 84.0 Å². The highest BCUT2D eigenvalue weighted by Crippen LogP contribution is 2.29. The highest BCUT2D eigenvalue weighted by Gasteiger charge is 2.21. The average molecular weight is 392 g/mol. The Morgan fingerprint density at radius 2 is 1.52 bits per heavy atom. The van der Waals surface area contributed by atoms with Crippen molar-refractivity contribution in [2.75, 3.05) is 5.43 Å². The van der Waals surface area contributed by atoms with Crippen LogP contribution in [0.3, 0.4) is 0 Å². The lowest BCUT2D eigenvalue weighted by Gasteiger charge is -2.15. The van der Waals surface area contributed by atoms with Crippen LogP contribution in [0.4, 0.5) is 17.1 Å². The minimum Gasteiger partial charge on any atom is -0.382 e. The summed E-state index contributed by atoms with van der Waals surface area (Å²) in [5.41, 5.74) is 3.09. The fourth-order valence-electron chi connectivity index (χ4n) is 2.69. The highest BCUT2D eigenvalue weighted by molar-refractivity contribution is 6.04. The molecule has 1 atom stereocenters. The van der Waals surface area contributed by atoms with Crippen molar-refractivity contribution in [3.05, 3.63) is 110 Å². The molecule has 0 saturated heterocycles. The Balaban J connectivity index is 2.01. The molecule has 29 heavy (non-hydrogen) atoms. The molecule has 0 heterocycles. The summed E-state index contributed by atoms with van der Waals surface area (Å²) >= 11 is 0. The van der Waals surface area contributed by atoms with Crippen LogP contribution in [0, 0.1) is 20.2 Å². The zero-order valence-corrected chi connectivity index (χ0v) is 15.0. The first-order valence-electron chi connectivity index (χ1n) is 8.52. The SMILES string of the molecule is O=[N+]([O-])c1ccc(NN=C(c2ccccc2)C(O)c2ccccc2)c([N+](=O)[O-])c1. The van der Waals surface area contributed by atoms with Crippen LogP contribution >= 0.6 is 0 Å². The maximum absolute atomic E-state index is 11.3. The zero-order chi connectivity index (χ0) is 20.8. The van der Waals surface area contributed by atoms with E-state index in [1.165, 1.54) is 6.07 Å². The lowest BCUT2D eigenvalue weighted by atomic mass is 9.99. The normalized spacial score (nSPS) is 12.2. The van der Waals surface area contributed by atoms with Crippen molar-refractivity contribution >= 4 is 22.8 Å². The number of hydrogen-bond donors (Lipinski definition) is 2. The number of nitro groups is 2. The molecule has 146 valence electrons. The Morgan fingerprint density at radius 3 is 2.10 bits per heavy atom. The molecule has 0 aromatic heterocycles. The Hall–Kier alpha value is -4.11. The van der Waals surface area contributed by atoms with Crippen molar-refractivity contribution in [2.45, 2.75) is 6.10 Å². The smallest absolute Gasteiger partial charge is 0.301 e. The topological polar surface area (TPSA) is 131 Å². The first kappa shape index (κ1) is 19.6. The van der Waals surface area contributed by atoms with Crippen LogP contribution in [-0.2, 0) is 0 Å². The summed E-state index contributed by atoms with van der Waals surface area (Å²) in [6.07, 6.45) is -1.09. The maximum Gasteiger partial charge on any atom is 0.301 e. The quantitative estimate of drug-likeness (QED) is 0.354. The third-order valence-corrected chi connectivity index (χ3v) is 4.13. The minimum atomic E-state index is -1.09. The van der Waals surface area contributed by atoms with Crippen LogP contribution in [0.2, 0.25) is 0 Å². The summed E-state index contributed by atoms with van der Waals surface area (Å²) in [5.74, 6) is 0. The maximum atomic E-state index is 11.3. The second-order valence-electron chi connectivity index (χ2n) is 6.00. The van der Waals surface area contributed by atoms with Gasteiger partial charge in [-0.25, -0.2) is 0 Å². The molecule has 1 unspecified atom stereocenters. The molecule has 3 rings (SSSR count). The second-order valence-corrected chi connectivity index (χ2v) is 6.00. The number of hydrogen-bond acceptors (Lipinski definition) is 7. The van der Waals surface area contributed by atoms with Gasteiger partial charge in [-0.15, -0.1) is 0 Å². The summed E-state index contributed by atoms with van der Waals surface area (Å²) in [7, 11) is 0. The van der Waals surface area contributed by atoms with Gasteiger partial charge in [0.15, 0.2) is 0 Å². The van der Waals surface area contributed by atoms with Crippen molar-refractivity contribution in [1.29, 1.82) is 0 Å². The van der Waals surface area contributed by atoms with E-state index in [0.29, 0.717) is 11.1 Å². The van der Waals surface area contributed by atoms with Gasteiger partial charge < -0.3 is 5.11 Å². The van der Waals surface area contributed by atoms with E-state index in [-0.39, 0.29) is 11.4 Å². The van der Waals surface area contributed by atoms with Gasteiger partial charge in [0, 0.05) is 11.6 Å². The van der Waals surface area contributed by atoms with Crippen molar-refractivity contribution in [1.82, 2.24) is 0 Å². The number of nitrogens with one attached hydrogen (secondary N) is 1. The number of aliphatic hydroxyl groups is 1. The molecule has 0 radical (unpaired) electrons. The van der Waals surface area contributed by atoms with Crippen LogP contribution in [-0.4, -0.2) is 20.7 Å². The molecule has 0 spiro atoms. The first-order valence-corrected chi connectivity index (χ1v) is 8.52. The van der Waals surface area contributed by atoms with E-state index in [9.17, 15) is 25.3 Å². The monoisotopic (exact) mass is 392 g/mol. The van der Waals surface area contributed by atoms with Gasteiger partial charge in [-0.2, -0.15) is 5.10 Å². The van der Waals surface area contributed by atoms with Gasteiger partial charge in [-0.05, 0) is 11.6 Å². The number of benzene rings is 3. The number of aliphatic hydroxyl groups excluding tert-OH is 1. The lowest BCUT2D eigenvalue weighted by Crippen LogP contribution is -2.15. The van der Waals surface area contributed by atoms with Gasteiger partial charge in [0.05, 0.1) is 15.9 Å². The van der Waals surface area contributed by atoms with E-state index in [1.807, 2.05) is 12.1 Å². The third-order valence-electron chi connectivity index (χ3n) is 4.13. The van der Waals surface area contributed by atoms with E-state index >= 15 is 0 Å². The molecule has 9 nitrogen and oxygen atoms in total. The Labute approximate surface area is 165 Å². The Kier molecular flexibility index (Phi) is 5.91. The number of nitrogens with zero attached hydrogens (tertiary/aromatic N) is 3. The summed E-state index contributed by atoms with van der Waals surface area (Å²) in [6, 6.07) is 20.9. The molecule has 0 amide bonds. The van der Waals surface area contributed by atoms with Gasteiger partial charge in [0.25, 0.3) is 5.69 Å². The van der Waals surface area contributed by atoms with Crippen LogP contribution in [0.25, 0.3) is 0 Å². The molecular weight excluding hydrogens is 376 g/mol. The summed E-state index contributed by atoms with van der Waals surface area (Å²) < 4.78 is 0. The first-order chi connectivity index (χ1) is 14.0. The van der Waals surface area contributed by atoms with Crippen LogP contribution in [0.1, 0.15) is 17.2 Å². The molecular formula is C20H16N4O5. The molecule has 0 bridgehead atoms. The van der Waals surface area contributed by atoms with Crippen LogP contribution < -0.4 is 5.43 Å². The Bertz CT molecular complexity index is 1050. The predicted molar refractivity (Wildman–Crippen MR) is 108 cm³/mol. The van der Waals surface area contributed by atoms with Gasteiger partial charge in [0.1, 0.15) is 17.5 Å². The number of hydrazone groups is 1. The fraction of sp³-hybridized carbons (Fsp3) is 0.0500. The standard InChI is InChI=1S/C20H16N4O5/c25-20(15-9-5-2-6-10-15)19(14-7-3-1-4-8-14)22-21-17-12-11-16(23(26)27)13-18(17)24(28)29/h1-13,20-21,25H. The van der Waals surface area contributed by atoms with E-state index in [4.69, 9.17) is 0 Å². The Morgan fingerprint density at radius 1 is 0.897 bits per heavy atom. The fourth-order valence-corrected chi connectivity index (χ4v) is 2.69. The van der Waals surface area contributed by atoms with E-state index in [2.05, 4.69) is 10.5 Å². The number of nitro benzene ring substituents is 2. The largest absolute Gasteiger partial charge is 0.382 e. The molecule has 3 aromatic carbocycles. The summed E-state index contributed by atoms with van der Waals surface area (Å²) in [5, 5.41) is 37.2. The predicted octanol–water partition coefficient (Wildman–Crippen LogP) is 4.05. The second kappa shape index (κ2) is 8.72. The minimum absolute atomic E-state index is 0.0331. The average Bonchev–Trinajstić information content (AvgIpc) is 2.75. The molecule has 0 saturated carbocycles. The zero-order valence-electron chi connectivity index (χ0n) is 15.0. The lowest BCUT2D eigenvalue weighted by molar-refractivity contribution is -0.393. The van der Waals surface area contributed by atoms with Crippen LogP contribution in [0.5, 0.6) is 0 Å². The summed E-state index contributed by atoms with van der Waals surface area (Å²) in [4.78, 5) is 20.7. The van der Waals surface area contributed by atoms with E-state index in [1.54, 1.807) is 48.5 Å². The molecule has 0 aliphatic heterocycles. The number of rotatable bonds is 7. The highest BCUT2D eigenvalue weighted by atomic mass is 16.6. The van der Waals surface area contributed by atoms with Crippen molar-refractivity contribution in [2.24, 2.45) is 5.10 Å². The van der Waals surface area contributed by atoms with Crippen molar-refractivity contribution < 1.29 is 15.0 Å². The van der Waals surface area contributed by atoms with E-state index < -0.39 is 27.3 Å². The van der Waals surface area contributed by atoms with Crippen molar-refractivity contribution in [3.63, 3.8) is 0 Å². The molecule has 0 aliphatic carbocycles. The van der Waals surface area contributed by atoms with E-state index in [0.717, 1.165) is 12.1 Å². The number of non-ortho nitro benzene ring substituents is 1. The molecule has 9 heteroatoms. The molecule has 3 aromatic rings. The van der Waals surface area contributed by atoms with Gasteiger partial charge >= 0.3 is 5.69 Å². The van der Waals surface area contributed by atoms with Crippen molar-refractivity contribution in [3.8, 4) is 0 Å². The number of anilines is 1. The molecule has 2 N–H and O–H groups in total. The van der Waals surface area contributed by atoms with Gasteiger partial charge in [-0.1, -0.05) is 60.7 Å².